The van der Waals surface area contributed by atoms with Crippen LogP contribution in [0.15, 0.2) is 33.6 Å². The van der Waals surface area contributed by atoms with Gasteiger partial charge in [0, 0.05) is 16.9 Å². The van der Waals surface area contributed by atoms with E-state index in [-0.39, 0.29) is 17.3 Å². The van der Waals surface area contributed by atoms with Gasteiger partial charge < -0.3 is 0 Å². The zero-order valence-electron chi connectivity index (χ0n) is 9.19. The van der Waals surface area contributed by atoms with Crippen molar-refractivity contribution in [2.75, 3.05) is 19.0 Å². The summed E-state index contributed by atoms with van der Waals surface area (Å²) >= 11 is 8.58. The number of benzene rings is 1. The van der Waals surface area contributed by atoms with Crippen LogP contribution in [-0.4, -0.2) is 38.1 Å². The van der Waals surface area contributed by atoms with Gasteiger partial charge in [0.2, 0.25) is 10.0 Å². The lowest BCUT2D eigenvalue weighted by molar-refractivity contribution is 0.121. The molecule has 0 heterocycles. The molecule has 18 heavy (non-hydrogen) atoms. The van der Waals surface area contributed by atoms with Gasteiger partial charge in [-0.2, -0.15) is 4.31 Å². The Labute approximate surface area is 118 Å². The van der Waals surface area contributed by atoms with Crippen LogP contribution < -0.4 is 0 Å². The topological polar surface area (TPSA) is 37.4 Å². The molecule has 1 rings (SSSR count). The zero-order chi connectivity index (χ0) is 13.8. The monoisotopic (exact) mass is 361 g/mol. The molecule has 1 aromatic rings. The van der Waals surface area contributed by atoms with E-state index in [4.69, 9.17) is 11.6 Å². The predicted molar refractivity (Wildman–Crippen MR) is 69.6 cm³/mol. The van der Waals surface area contributed by atoms with E-state index in [1.807, 2.05) is 0 Å². The summed E-state index contributed by atoms with van der Waals surface area (Å²) in [6.45, 7) is -1.01. The van der Waals surface area contributed by atoms with Gasteiger partial charge in [0.1, 0.15) is 0 Å². The van der Waals surface area contributed by atoms with Crippen LogP contribution in [0.4, 0.5) is 8.78 Å². The average molecular weight is 363 g/mol. The van der Waals surface area contributed by atoms with Crippen molar-refractivity contribution in [1.29, 1.82) is 0 Å². The summed E-state index contributed by atoms with van der Waals surface area (Å²) in [5.74, 6) is -0.0417. The maximum absolute atomic E-state index is 12.4. The van der Waals surface area contributed by atoms with Crippen molar-refractivity contribution in [2.24, 2.45) is 0 Å². The van der Waals surface area contributed by atoms with Crippen LogP contribution in [-0.2, 0) is 10.0 Å². The van der Waals surface area contributed by atoms with Crippen molar-refractivity contribution in [3.63, 3.8) is 0 Å². The Kier molecular flexibility index (Phi) is 5.97. The molecule has 0 aliphatic heterocycles. The molecule has 0 aromatic heterocycles. The van der Waals surface area contributed by atoms with Gasteiger partial charge in [-0.15, -0.1) is 11.6 Å². The molecule has 0 atom stereocenters. The number of hydrogen-bond donors (Lipinski definition) is 0. The summed E-state index contributed by atoms with van der Waals surface area (Å²) in [6, 6.07) is 5.89. The Morgan fingerprint density at radius 3 is 2.56 bits per heavy atom. The fourth-order valence-electron chi connectivity index (χ4n) is 1.33. The Morgan fingerprint density at radius 1 is 1.39 bits per heavy atom. The van der Waals surface area contributed by atoms with E-state index in [0.29, 0.717) is 8.78 Å². The van der Waals surface area contributed by atoms with Crippen LogP contribution >= 0.6 is 27.5 Å². The number of nitrogens with zero attached hydrogens (tertiary/aromatic N) is 1. The number of alkyl halides is 3. The van der Waals surface area contributed by atoms with Gasteiger partial charge >= 0.3 is 0 Å². The normalized spacial score (nSPS) is 12.3. The van der Waals surface area contributed by atoms with E-state index in [1.54, 1.807) is 6.07 Å². The van der Waals surface area contributed by atoms with Gasteiger partial charge in [-0.05, 0) is 18.2 Å². The minimum Gasteiger partial charge on any atom is -0.209 e. The standard InChI is InChI=1S/C10H11BrClF2NO2S/c11-8-2-1-3-9(6-8)18(16,17)15(5-4-12)7-10(13)14/h1-3,6,10H,4-5,7H2. The smallest absolute Gasteiger partial charge is 0.209 e. The van der Waals surface area contributed by atoms with Gasteiger partial charge in [-0.1, -0.05) is 22.0 Å². The third kappa shape index (κ3) is 4.15. The lowest BCUT2D eigenvalue weighted by Crippen LogP contribution is -2.36. The summed E-state index contributed by atoms with van der Waals surface area (Å²) < 4.78 is 50.2. The van der Waals surface area contributed by atoms with Crippen molar-refractivity contribution < 1.29 is 17.2 Å². The van der Waals surface area contributed by atoms with Crippen LogP contribution in [0.3, 0.4) is 0 Å². The molecule has 0 saturated heterocycles. The number of rotatable bonds is 6. The first kappa shape index (κ1) is 15.8. The van der Waals surface area contributed by atoms with Gasteiger partial charge in [0.05, 0.1) is 11.4 Å². The number of halogens is 4. The van der Waals surface area contributed by atoms with Crippen molar-refractivity contribution >= 4 is 37.6 Å². The highest BCUT2D eigenvalue weighted by Crippen LogP contribution is 2.20. The van der Waals surface area contributed by atoms with E-state index in [0.717, 1.165) is 0 Å². The molecule has 3 nitrogen and oxygen atoms in total. The van der Waals surface area contributed by atoms with Crippen molar-refractivity contribution in [1.82, 2.24) is 4.31 Å². The van der Waals surface area contributed by atoms with Crippen molar-refractivity contribution in [3.05, 3.63) is 28.7 Å². The molecule has 0 saturated carbocycles. The van der Waals surface area contributed by atoms with Crippen LogP contribution in [0.25, 0.3) is 0 Å². The van der Waals surface area contributed by atoms with Gasteiger partial charge in [-0.25, -0.2) is 17.2 Å². The Bertz CT molecular complexity index is 498. The molecule has 1 aromatic carbocycles. The van der Waals surface area contributed by atoms with Gasteiger partial charge in [-0.3, -0.25) is 0 Å². The second kappa shape index (κ2) is 6.79. The molecular formula is C10H11BrClF2NO2S. The second-order valence-electron chi connectivity index (χ2n) is 3.40. The van der Waals surface area contributed by atoms with Crippen molar-refractivity contribution in [3.8, 4) is 0 Å². The first-order chi connectivity index (χ1) is 8.37. The fourth-order valence-corrected chi connectivity index (χ4v) is 3.65. The molecule has 0 fully saturated rings. The quantitative estimate of drug-likeness (QED) is 0.730. The summed E-state index contributed by atoms with van der Waals surface area (Å²) in [6.07, 6.45) is -2.74. The van der Waals surface area contributed by atoms with E-state index in [1.165, 1.54) is 18.2 Å². The SMILES string of the molecule is O=S(=O)(c1cccc(Br)c1)N(CCCl)CC(F)F. The van der Waals surface area contributed by atoms with E-state index in [9.17, 15) is 17.2 Å². The molecule has 0 bridgehead atoms. The molecule has 0 amide bonds. The molecule has 0 N–H and O–H groups in total. The van der Waals surface area contributed by atoms with Gasteiger partial charge in [0.25, 0.3) is 6.43 Å². The molecule has 0 spiro atoms. The zero-order valence-corrected chi connectivity index (χ0v) is 12.4. The first-order valence-corrected chi connectivity index (χ1v) is 7.74. The Morgan fingerprint density at radius 2 is 2.06 bits per heavy atom. The molecule has 8 heteroatoms. The highest BCUT2D eigenvalue weighted by molar-refractivity contribution is 9.10. The highest BCUT2D eigenvalue weighted by atomic mass is 79.9. The fraction of sp³-hybridized carbons (Fsp3) is 0.400. The van der Waals surface area contributed by atoms with Crippen LogP contribution in [0, 0.1) is 0 Å². The maximum Gasteiger partial charge on any atom is 0.252 e. The summed E-state index contributed by atoms with van der Waals surface area (Å²) in [5.41, 5.74) is 0. The third-order valence-corrected chi connectivity index (χ3v) is 4.63. The Balaban J connectivity index is 3.08. The molecular weight excluding hydrogens is 352 g/mol. The number of sulfonamides is 1. The number of hydrogen-bond acceptors (Lipinski definition) is 2. The lowest BCUT2D eigenvalue weighted by Gasteiger charge is -2.20. The van der Waals surface area contributed by atoms with Crippen LogP contribution in [0.2, 0.25) is 0 Å². The van der Waals surface area contributed by atoms with E-state index >= 15 is 0 Å². The average Bonchev–Trinajstić information content (AvgIpc) is 2.28. The molecule has 0 unspecified atom stereocenters. The van der Waals surface area contributed by atoms with E-state index in [2.05, 4.69) is 15.9 Å². The Hall–Kier alpha value is -0.240. The molecule has 102 valence electrons. The first-order valence-electron chi connectivity index (χ1n) is 4.97. The largest absolute Gasteiger partial charge is 0.252 e. The minimum absolute atomic E-state index is 0.0392. The molecule has 0 aliphatic rings. The highest BCUT2D eigenvalue weighted by Gasteiger charge is 2.26. The molecule has 0 aliphatic carbocycles. The molecule has 0 radical (unpaired) electrons. The van der Waals surface area contributed by atoms with Crippen molar-refractivity contribution in [2.45, 2.75) is 11.3 Å². The minimum atomic E-state index is -3.94. The van der Waals surface area contributed by atoms with Crippen LogP contribution in [0.5, 0.6) is 0 Å². The lowest BCUT2D eigenvalue weighted by atomic mass is 10.4. The summed E-state index contributed by atoms with van der Waals surface area (Å²) in [7, 11) is -3.94. The predicted octanol–water partition coefficient (Wildman–Crippen LogP) is 2.94. The third-order valence-electron chi connectivity index (χ3n) is 2.11. The summed E-state index contributed by atoms with van der Waals surface area (Å²) in [5, 5.41) is 0. The van der Waals surface area contributed by atoms with E-state index < -0.39 is 23.0 Å². The van der Waals surface area contributed by atoms with Gasteiger partial charge in [0.15, 0.2) is 0 Å². The maximum atomic E-state index is 12.4. The van der Waals surface area contributed by atoms with Crippen LogP contribution in [0.1, 0.15) is 0 Å². The summed E-state index contributed by atoms with van der Waals surface area (Å²) in [4.78, 5) is -0.0392. The second-order valence-corrected chi connectivity index (χ2v) is 6.63.